The normalized spacial score (nSPS) is 12.9. The monoisotopic (exact) mass is 1140 g/mol. The van der Waals surface area contributed by atoms with Crippen molar-refractivity contribution in [2.45, 2.75) is 360 Å². The molecule has 0 aromatic carbocycles. The molecule has 0 rings (SSSR count). The number of likely N-dealkylation sites (N-methyl/N-ethyl adjacent to an activating group) is 1. The topological polar surface area (TPSA) is 111 Å². The molecule has 0 fully saturated rings. The highest BCUT2D eigenvalue weighted by Gasteiger charge is 2.22. The Balaban J connectivity index is 4.00. The second-order valence-corrected chi connectivity index (χ2v) is 25.2. The van der Waals surface area contributed by atoms with E-state index in [4.69, 9.17) is 18.9 Å². The summed E-state index contributed by atoms with van der Waals surface area (Å²) in [5.41, 5.74) is 0. The van der Waals surface area contributed by atoms with Gasteiger partial charge in [0.25, 0.3) is 0 Å². The van der Waals surface area contributed by atoms with Crippen LogP contribution >= 0.6 is 0 Å². The van der Waals surface area contributed by atoms with E-state index in [2.05, 4.69) is 50.3 Å². The van der Waals surface area contributed by atoms with Gasteiger partial charge in [-0.25, -0.2) is 0 Å². The minimum atomic E-state index is -1.62. The number of esters is 2. The molecule has 81 heavy (non-hydrogen) atoms. The van der Waals surface area contributed by atoms with E-state index in [0.29, 0.717) is 17.4 Å². The number of ether oxygens (including phenoxy) is 4. The molecule has 476 valence electrons. The molecule has 0 aliphatic heterocycles. The van der Waals surface area contributed by atoms with Crippen molar-refractivity contribution in [1.82, 2.24) is 0 Å². The number of quaternary nitrogens is 1. The summed E-state index contributed by atoms with van der Waals surface area (Å²) in [4.78, 5) is 37.4. The third-order valence-electron chi connectivity index (χ3n) is 15.9. The van der Waals surface area contributed by atoms with E-state index in [1.54, 1.807) is 0 Å². The molecule has 2 atom stereocenters. The molecule has 0 aromatic heterocycles. The van der Waals surface area contributed by atoms with Crippen LogP contribution in [0, 0.1) is 0 Å². The lowest BCUT2D eigenvalue weighted by Gasteiger charge is -2.26. The Bertz CT molecular complexity index is 1420. The minimum Gasteiger partial charge on any atom is -0.545 e. The predicted molar refractivity (Wildman–Crippen MR) is 343 cm³/mol. The zero-order valence-electron chi connectivity index (χ0n) is 54.4. The van der Waals surface area contributed by atoms with Crippen LogP contribution in [0.4, 0.5) is 0 Å². The standard InChI is InChI=1S/C72H135NO8/c1-6-8-10-12-14-16-18-20-22-24-26-27-28-29-30-31-32-33-34-35-36-37-38-39-40-41-42-43-45-47-49-51-53-55-57-59-61-63-70(75)81-68(67-80-72(71(76)77)78-65-64-73(3,4)5)66-79-69(74)62-60-58-56-54-52-50-48-46-44-25-23-21-19-17-15-13-11-9-7-2/h18,20,24,26,28-29,68,72H,6-17,19,21-23,25,27,30-67H2,1-5H3/b20-18-,26-24-,29-28-. The number of hydrogen-bond acceptors (Lipinski definition) is 8. The molecule has 0 radical (unpaired) electrons. The number of aliphatic carboxylic acids is 1. The number of allylic oxidation sites excluding steroid dienone is 6. The third-order valence-corrected chi connectivity index (χ3v) is 15.9. The maximum atomic E-state index is 12.9. The summed E-state index contributed by atoms with van der Waals surface area (Å²) in [6, 6.07) is 0. The molecule has 9 nitrogen and oxygen atoms in total. The van der Waals surface area contributed by atoms with E-state index >= 15 is 0 Å². The number of carbonyl (C=O) groups excluding carboxylic acids is 3. The molecule has 0 aliphatic rings. The van der Waals surface area contributed by atoms with Gasteiger partial charge in [-0.3, -0.25) is 9.59 Å². The molecule has 0 aromatic rings. The number of nitrogens with zero attached hydrogens (tertiary/aromatic N) is 1. The zero-order chi connectivity index (χ0) is 59.1. The summed E-state index contributed by atoms with van der Waals surface area (Å²) in [5, 5.41) is 11.8. The van der Waals surface area contributed by atoms with E-state index in [1.807, 2.05) is 21.1 Å². The van der Waals surface area contributed by atoms with Crippen LogP contribution in [0.5, 0.6) is 0 Å². The van der Waals surface area contributed by atoms with Gasteiger partial charge in [0, 0.05) is 12.8 Å². The van der Waals surface area contributed by atoms with E-state index in [1.165, 1.54) is 270 Å². The smallest absolute Gasteiger partial charge is 0.306 e. The number of rotatable bonds is 66. The van der Waals surface area contributed by atoms with Crippen molar-refractivity contribution in [2.75, 3.05) is 47.5 Å². The highest BCUT2D eigenvalue weighted by atomic mass is 16.7. The van der Waals surface area contributed by atoms with Gasteiger partial charge in [0.2, 0.25) is 0 Å². The van der Waals surface area contributed by atoms with Crippen LogP contribution in [0.2, 0.25) is 0 Å². The van der Waals surface area contributed by atoms with Crippen LogP contribution in [0.25, 0.3) is 0 Å². The van der Waals surface area contributed by atoms with E-state index in [0.717, 1.165) is 51.4 Å². The highest BCUT2D eigenvalue weighted by Crippen LogP contribution is 2.19. The quantitative estimate of drug-likeness (QED) is 0.0195. The lowest BCUT2D eigenvalue weighted by atomic mass is 10.0. The van der Waals surface area contributed by atoms with Crippen LogP contribution in [-0.4, -0.2) is 82.3 Å². The third kappa shape index (κ3) is 64.9. The lowest BCUT2D eigenvalue weighted by molar-refractivity contribution is -0.870. The lowest BCUT2D eigenvalue weighted by Crippen LogP contribution is -2.44. The van der Waals surface area contributed by atoms with E-state index in [9.17, 15) is 19.5 Å². The molecule has 0 aliphatic carbocycles. The molecule has 9 heteroatoms. The Morgan fingerprint density at radius 2 is 0.667 bits per heavy atom. The first-order valence-electron chi connectivity index (χ1n) is 35.1. The minimum absolute atomic E-state index is 0.151. The van der Waals surface area contributed by atoms with Crippen molar-refractivity contribution in [3.05, 3.63) is 36.5 Å². The SMILES string of the molecule is CCCCCCC/C=C\C/C=C\C/C=C\CCCCCCCCCCCCCCCCCCCCCCCCC(=O)OC(COC(=O)CCCCCCCCCCCCCCCCCCCCC)COC(OCC[N+](C)(C)C)C(=O)[O-]. The molecule has 0 saturated heterocycles. The summed E-state index contributed by atoms with van der Waals surface area (Å²) >= 11 is 0. The number of unbranched alkanes of at least 4 members (excludes halogenated alkanes) is 45. The van der Waals surface area contributed by atoms with Gasteiger partial charge in [-0.05, 0) is 51.4 Å². The summed E-state index contributed by atoms with van der Waals surface area (Å²) in [6.07, 6.45) is 76.6. The maximum absolute atomic E-state index is 12.9. The van der Waals surface area contributed by atoms with Crippen LogP contribution in [0.15, 0.2) is 36.5 Å². The maximum Gasteiger partial charge on any atom is 0.306 e. The second kappa shape index (κ2) is 63.5. The average Bonchev–Trinajstić information content (AvgIpc) is 3.44. The molecule has 2 unspecified atom stereocenters. The van der Waals surface area contributed by atoms with Gasteiger partial charge in [0.05, 0.1) is 40.3 Å². The van der Waals surface area contributed by atoms with Gasteiger partial charge in [-0.2, -0.15) is 0 Å². The van der Waals surface area contributed by atoms with Gasteiger partial charge in [-0.15, -0.1) is 0 Å². The average molecular weight is 1140 g/mol. The first kappa shape index (κ1) is 78.5. The van der Waals surface area contributed by atoms with Crippen LogP contribution in [-0.2, 0) is 33.3 Å². The molecule has 0 amide bonds. The highest BCUT2D eigenvalue weighted by molar-refractivity contribution is 5.70. The predicted octanol–water partition coefficient (Wildman–Crippen LogP) is 20.3. The van der Waals surface area contributed by atoms with E-state index < -0.39 is 24.3 Å². The molecular weight excluding hydrogens is 1010 g/mol. The zero-order valence-corrected chi connectivity index (χ0v) is 54.4. The van der Waals surface area contributed by atoms with Crippen molar-refractivity contribution in [1.29, 1.82) is 0 Å². The van der Waals surface area contributed by atoms with Crippen molar-refractivity contribution in [2.24, 2.45) is 0 Å². The van der Waals surface area contributed by atoms with Gasteiger partial charge >= 0.3 is 11.9 Å². The van der Waals surface area contributed by atoms with Gasteiger partial charge in [0.15, 0.2) is 12.4 Å². The Morgan fingerprint density at radius 3 is 0.988 bits per heavy atom. The largest absolute Gasteiger partial charge is 0.545 e. The van der Waals surface area contributed by atoms with Crippen molar-refractivity contribution >= 4 is 17.9 Å². The number of carboxylic acid groups (broad SMARTS) is 1. The molecule has 0 saturated carbocycles. The number of carbonyl (C=O) groups is 3. The van der Waals surface area contributed by atoms with Crippen molar-refractivity contribution in [3.63, 3.8) is 0 Å². The summed E-state index contributed by atoms with van der Waals surface area (Å²) < 4.78 is 22.8. The molecule has 0 N–H and O–H groups in total. The van der Waals surface area contributed by atoms with Crippen molar-refractivity contribution in [3.8, 4) is 0 Å². The molecule has 0 spiro atoms. The van der Waals surface area contributed by atoms with Gasteiger partial charge in [-0.1, -0.05) is 320 Å². The van der Waals surface area contributed by atoms with Crippen LogP contribution in [0.1, 0.15) is 348 Å². The van der Waals surface area contributed by atoms with Gasteiger partial charge in [0.1, 0.15) is 13.2 Å². The molecular formula is C72H135NO8. The Labute approximate surface area is 502 Å². The second-order valence-electron chi connectivity index (χ2n) is 25.2. The summed E-state index contributed by atoms with van der Waals surface area (Å²) in [6.45, 7) is 4.80. The fourth-order valence-corrected chi connectivity index (χ4v) is 10.5. The summed E-state index contributed by atoms with van der Waals surface area (Å²) in [5.74, 6) is -2.25. The fourth-order valence-electron chi connectivity index (χ4n) is 10.5. The van der Waals surface area contributed by atoms with Crippen molar-refractivity contribution < 1.29 is 42.9 Å². The Kier molecular flexibility index (Phi) is 61.6. The fraction of sp³-hybridized carbons (Fsp3) is 0.875. The van der Waals surface area contributed by atoms with Gasteiger partial charge < -0.3 is 33.3 Å². The van der Waals surface area contributed by atoms with Crippen LogP contribution < -0.4 is 5.11 Å². The Morgan fingerprint density at radius 1 is 0.370 bits per heavy atom. The van der Waals surface area contributed by atoms with Crippen LogP contribution in [0.3, 0.4) is 0 Å². The number of carboxylic acids is 1. The summed E-state index contributed by atoms with van der Waals surface area (Å²) in [7, 11) is 5.94. The first-order chi connectivity index (χ1) is 39.6. The Hall–Kier alpha value is -2.49. The number of hydrogen-bond donors (Lipinski definition) is 0. The molecule has 0 bridgehead atoms. The first-order valence-corrected chi connectivity index (χ1v) is 35.1. The molecule has 0 heterocycles. The van der Waals surface area contributed by atoms with E-state index in [-0.39, 0.29) is 32.2 Å².